The van der Waals surface area contributed by atoms with E-state index >= 15 is 0 Å². The summed E-state index contributed by atoms with van der Waals surface area (Å²) in [5.74, 6) is 0.124. The van der Waals surface area contributed by atoms with Gasteiger partial charge in [-0.15, -0.1) is 35.3 Å². The van der Waals surface area contributed by atoms with Gasteiger partial charge < -0.3 is 20.8 Å². The van der Waals surface area contributed by atoms with Crippen molar-refractivity contribution >= 4 is 22.3 Å². The fourth-order valence-electron chi connectivity index (χ4n) is 10.2. The molecule has 0 spiro atoms. The highest BCUT2D eigenvalue weighted by atomic mass is 16.3. The van der Waals surface area contributed by atoms with Crippen molar-refractivity contribution in [1.82, 2.24) is 81.1 Å². The Kier molecular flexibility index (Phi) is 9.00. The molecule has 0 amide bonds. The van der Waals surface area contributed by atoms with Crippen molar-refractivity contribution in [2.24, 2.45) is 0 Å². The number of piperidine rings is 2. The number of hydrogen-bond donors (Lipinski definition) is 5. The average molecular weight is 837 g/mol. The number of phenols is 2. The van der Waals surface area contributed by atoms with Crippen LogP contribution in [0.3, 0.4) is 0 Å². The van der Waals surface area contributed by atoms with Crippen LogP contribution in [0.2, 0.25) is 0 Å². The minimum Gasteiger partial charge on any atom is -0.507 e. The molecule has 0 radical (unpaired) electrons. The predicted molar refractivity (Wildman–Crippen MR) is 229 cm³/mol. The SMILES string of the molecule is CC1(C)CC(n2nnc3cc(-c4ccc(-c5c[nH][n+](CC6(C)CC(n7nnc8cc(-c9ccc(-n%10nccn%10)cc9O)nnc87)CC(C)(C)N6)c5)cc4O)nnc32)CC(C)(C)N1. The van der Waals surface area contributed by atoms with Crippen LogP contribution >= 0.6 is 0 Å². The van der Waals surface area contributed by atoms with Gasteiger partial charge in [-0.05, 0) is 116 Å². The number of aromatic nitrogens is 15. The van der Waals surface area contributed by atoms with Crippen molar-refractivity contribution in [3.05, 3.63) is 73.3 Å². The highest BCUT2D eigenvalue weighted by Gasteiger charge is 2.45. The van der Waals surface area contributed by atoms with Gasteiger partial charge in [0.25, 0.3) is 0 Å². The van der Waals surface area contributed by atoms with Crippen LogP contribution in [0.5, 0.6) is 11.5 Å². The zero-order valence-electron chi connectivity index (χ0n) is 35.8. The number of H-pyrrole nitrogens is 1. The van der Waals surface area contributed by atoms with Crippen molar-refractivity contribution in [1.29, 1.82) is 0 Å². The Morgan fingerprint density at radius 2 is 1.18 bits per heavy atom. The lowest BCUT2D eigenvalue weighted by Gasteiger charge is -2.46. The van der Waals surface area contributed by atoms with E-state index in [2.05, 4.69) is 126 Å². The fourth-order valence-corrected chi connectivity index (χ4v) is 10.2. The Hall–Kier alpha value is -6.73. The maximum absolute atomic E-state index is 11.3. The van der Waals surface area contributed by atoms with Gasteiger partial charge in [-0.3, -0.25) is 0 Å². The van der Waals surface area contributed by atoms with E-state index in [4.69, 9.17) is 0 Å². The minimum atomic E-state index is -0.354. The van der Waals surface area contributed by atoms with Crippen LogP contribution in [-0.2, 0) is 6.54 Å². The van der Waals surface area contributed by atoms with Crippen molar-refractivity contribution in [3.8, 4) is 50.8 Å². The third-order valence-corrected chi connectivity index (χ3v) is 12.1. The molecular formula is C43H50N17O2+. The van der Waals surface area contributed by atoms with Crippen molar-refractivity contribution in [2.75, 3.05) is 0 Å². The number of hydrogen-bond acceptors (Lipinski definition) is 14. The van der Waals surface area contributed by atoms with Crippen LogP contribution in [0.1, 0.15) is 86.2 Å². The van der Waals surface area contributed by atoms with Crippen molar-refractivity contribution < 1.29 is 14.9 Å². The first-order valence-corrected chi connectivity index (χ1v) is 20.9. The summed E-state index contributed by atoms with van der Waals surface area (Å²) in [5, 5.41) is 77.7. The number of rotatable bonds is 8. The molecule has 318 valence electrons. The lowest BCUT2D eigenvalue weighted by molar-refractivity contribution is -0.756. The number of aromatic hydroxyl groups is 2. The second kappa shape index (κ2) is 14.2. The Morgan fingerprint density at radius 3 is 1.76 bits per heavy atom. The van der Waals surface area contributed by atoms with E-state index in [1.807, 2.05) is 39.8 Å². The van der Waals surface area contributed by atoms with Gasteiger partial charge >= 0.3 is 0 Å². The summed E-state index contributed by atoms with van der Waals surface area (Å²) in [6, 6.07) is 14.5. The maximum atomic E-state index is 11.3. The summed E-state index contributed by atoms with van der Waals surface area (Å²) >= 11 is 0. The van der Waals surface area contributed by atoms with Crippen LogP contribution in [0, 0.1) is 0 Å². The van der Waals surface area contributed by atoms with E-state index in [0.29, 0.717) is 57.1 Å². The molecule has 2 saturated heterocycles. The van der Waals surface area contributed by atoms with Gasteiger partial charge in [0.2, 0.25) is 17.5 Å². The van der Waals surface area contributed by atoms with Crippen LogP contribution in [0.4, 0.5) is 0 Å². The number of nitrogens with zero attached hydrogens (tertiary/aromatic N) is 14. The van der Waals surface area contributed by atoms with E-state index in [1.54, 1.807) is 36.7 Å². The highest BCUT2D eigenvalue weighted by molar-refractivity contribution is 5.80. The summed E-state index contributed by atoms with van der Waals surface area (Å²) in [6.45, 7) is 16.1. The lowest BCUT2D eigenvalue weighted by Crippen LogP contribution is -2.65. The first-order chi connectivity index (χ1) is 29.5. The summed E-state index contributed by atoms with van der Waals surface area (Å²) < 4.78 is 5.85. The number of phenolic OH excluding ortho intramolecular Hbond substituents is 2. The Bertz CT molecular complexity index is 2950. The largest absolute Gasteiger partial charge is 0.507 e. The van der Waals surface area contributed by atoms with E-state index in [0.717, 1.165) is 36.8 Å². The van der Waals surface area contributed by atoms with Gasteiger partial charge in [-0.2, -0.15) is 20.1 Å². The molecule has 2 aromatic carbocycles. The smallest absolute Gasteiger partial charge is 0.203 e. The Morgan fingerprint density at radius 1 is 0.629 bits per heavy atom. The fraction of sp³-hybridized carbons (Fsp3) is 0.419. The molecule has 19 heteroatoms. The molecule has 8 heterocycles. The van der Waals surface area contributed by atoms with Gasteiger partial charge in [0.05, 0.1) is 58.9 Å². The Labute approximate surface area is 356 Å². The molecule has 0 saturated carbocycles. The molecule has 10 rings (SSSR count). The average Bonchev–Trinajstić information content (AvgIpc) is 4.03. The van der Waals surface area contributed by atoms with Crippen LogP contribution in [0.25, 0.3) is 61.7 Å². The van der Waals surface area contributed by atoms with Crippen LogP contribution in [0.15, 0.2) is 73.3 Å². The molecule has 19 nitrogen and oxygen atoms in total. The second-order valence-corrected chi connectivity index (χ2v) is 19.3. The quantitative estimate of drug-likeness (QED) is 0.127. The topological polar surface area (TPSA) is 228 Å². The number of fused-ring (bicyclic) bond motifs is 2. The van der Waals surface area contributed by atoms with Crippen LogP contribution < -0.4 is 15.3 Å². The highest BCUT2D eigenvalue weighted by Crippen LogP contribution is 2.40. The van der Waals surface area contributed by atoms with E-state index in [-0.39, 0.29) is 45.7 Å². The van der Waals surface area contributed by atoms with Gasteiger partial charge in [-0.25, -0.2) is 9.36 Å². The predicted octanol–water partition coefficient (Wildman–Crippen LogP) is 5.01. The summed E-state index contributed by atoms with van der Waals surface area (Å²) in [7, 11) is 0. The molecule has 2 aliphatic rings. The summed E-state index contributed by atoms with van der Waals surface area (Å²) in [4.78, 5) is 1.43. The number of aromatic amines is 1. The summed E-state index contributed by atoms with van der Waals surface area (Å²) in [6.07, 6.45) is 10.5. The van der Waals surface area contributed by atoms with Gasteiger partial charge in [-0.1, -0.05) is 16.5 Å². The molecule has 62 heavy (non-hydrogen) atoms. The molecule has 2 aliphatic heterocycles. The molecule has 0 bridgehead atoms. The first kappa shape index (κ1) is 39.4. The lowest BCUT2D eigenvalue weighted by atomic mass is 9.78. The van der Waals surface area contributed by atoms with Gasteiger partial charge in [0.1, 0.15) is 22.5 Å². The number of nitrogens with one attached hydrogen (secondary N) is 3. The molecular weight excluding hydrogens is 787 g/mol. The van der Waals surface area contributed by atoms with Crippen molar-refractivity contribution in [2.45, 2.75) is 115 Å². The minimum absolute atomic E-state index is 0.0223. The molecule has 2 fully saturated rings. The van der Waals surface area contributed by atoms with Crippen molar-refractivity contribution in [3.63, 3.8) is 0 Å². The maximum Gasteiger partial charge on any atom is 0.203 e. The molecule has 0 aliphatic carbocycles. The summed E-state index contributed by atoms with van der Waals surface area (Å²) in [5.41, 5.74) is 6.22. The van der Waals surface area contributed by atoms with Gasteiger partial charge in [0.15, 0.2) is 6.54 Å². The van der Waals surface area contributed by atoms with Crippen LogP contribution in [-0.4, -0.2) is 103 Å². The third-order valence-electron chi connectivity index (χ3n) is 12.1. The molecule has 6 aromatic heterocycles. The standard InChI is InChI=1S/C43H49N17O2/c1-40(2)18-28(19-41(3,4)53-40)58-38-34(49-55-58)16-32(47-51-38)30-10-8-25(14-36(30)61)26-22-46-57(23-26)24-43(7)21-29(20-42(5,6)54-43)59-39-35(50-56-59)17-33(48-52-39)31-11-9-27(15-37(31)62)60-44-12-13-45-60/h8-17,22-23,28-29,53-54H,18-21,24H2,1-7H3,(H2,47,48,61,62)/p+1. The van der Waals surface area contributed by atoms with E-state index < -0.39 is 0 Å². The first-order valence-electron chi connectivity index (χ1n) is 20.9. The molecule has 5 N–H and O–H groups in total. The second-order valence-electron chi connectivity index (χ2n) is 19.3. The normalized spacial score (nSPS) is 21.2. The number of benzene rings is 2. The third kappa shape index (κ3) is 7.40. The molecule has 2 atom stereocenters. The zero-order valence-corrected chi connectivity index (χ0v) is 35.8. The van der Waals surface area contributed by atoms with Gasteiger partial charge in [0, 0.05) is 33.8 Å². The molecule has 8 aromatic rings. The monoisotopic (exact) mass is 836 g/mol. The van der Waals surface area contributed by atoms with E-state index in [1.165, 1.54) is 4.80 Å². The van der Waals surface area contributed by atoms with E-state index in [9.17, 15) is 10.2 Å². The zero-order chi connectivity index (χ0) is 43.2. The molecule has 2 unspecified atom stereocenters. The Balaban J connectivity index is 0.847.